The lowest BCUT2D eigenvalue weighted by Gasteiger charge is -2.26. The smallest absolute Gasteiger partial charge is 0.0800 e. The number of rotatable bonds is 4. The van der Waals surface area contributed by atoms with Gasteiger partial charge in [-0.2, -0.15) is 5.26 Å². The van der Waals surface area contributed by atoms with Gasteiger partial charge >= 0.3 is 0 Å². The molecule has 1 nitrogen and oxygen atoms in total. The van der Waals surface area contributed by atoms with Gasteiger partial charge in [-0.25, -0.2) is 0 Å². The van der Waals surface area contributed by atoms with Crippen LogP contribution in [0.15, 0.2) is 60.7 Å². The van der Waals surface area contributed by atoms with Gasteiger partial charge in [0.1, 0.15) is 0 Å². The SMILES string of the molecule is CC(CC(C)(C#N)c1ccccc1)c1ccccc1. The second kappa shape index (κ2) is 5.71. The Morgan fingerprint density at radius 3 is 2.05 bits per heavy atom. The summed E-state index contributed by atoms with van der Waals surface area (Å²) in [6.07, 6.45) is 0.831. The van der Waals surface area contributed by atoms with Crippen LogP contribution in [0.4, 0.5) is 0 Å². The van der Waals surface area contributed by atoms with Crippen LogP contribution in [0.1, 0.15) is 37.3 Å². The van der Waals surface area contributed by atoms with Crippen molar-refractivity contribution in [3.05, 3.63) is 71.8 Å². The molecule has 2 unspecified atom stereocenters. The van der Waals surface area contributed by atoms with E-state index in [4.69, 9.17) is 0 Å². The van der Waals surface area contributed by atoms with E-state index in [1.54, 1.807) is 0 Å². The largest absolute Gasteiger partial charge is 0.197 e. The molecule has 2 aromatic carbocycles. The van der Waals surface area contributed by atoms with Gasteiger partial charge < -0.3 is 0 Å². The second-order valence-electron chi connectivity index (χ2n) is 5.33. The molecule has 19 heavy (non-hydrogen) atoms. The van der Waals surface area contributed by atoms with Crippen molar-refractivity contribution in [2.45, 2.75) is 31.6 Å². The van der Waals surface area contributed by atoms with Gasteiger partial charge in [-0.1, -0.05) is 67.6 Å². The summed E-state index contributed by atoms with van der Waals surface area (Å²) in [7, 11) is 0. The molecule has 1 heteroatoms. The number of benzene rings is 2. The predicted molar refractivity (Wildman–Crippen MR) is 78.9 cm³/mol. The second-order valence-corrected chi connectivity index (χ2v) is 5.33. The molecule has 0 heterocycles. The quantitative estimate of drug-likeness (QED) is 0.773. The molecule has 0 N–H and O–H groups in total. The lowest BCUT2D eigenvalue weighted by molar-refractivity contribution is 0.498. The van der Waals surface area contributed by atoms with Crippen molar-refractivity contribution in [3.8, 4) is 6.07 Å². The monoisotopic (exact) mass is 249 g/mol. The molecule has 0 spiro atoms. The van der Waals surface area contributed by atoms with Crippen molar-refractivity contribution in [1.82, 2.24) is 0 Å². The van der Waals surface area contributed by atoms with E-state index < -0.39 is 5.41 Å². The van der Waals surface area contributed by atoms with E-state index in [2.05, 4.69) is 37.3 Å². The van der Waals surface area contributed by atoms with Gasteiger partial charge in [-0.05, 0) is 30.4 Å². The van der Waals surface area contributed by atoms with Crippen LogP contribution in [-0.2, 0) is 5.41 Å². The van der Waals surface area contributed by atoms with Crippen LogP contribution in [0.5, 0.6) is 0 Å². The molecule has 0 aliphatic rings. The predicted octanol–water partition coefficient (Wildman–Crippen LogP) is 4.66. The van der Waals surface area contributed by atoms with Crippen molar-refractivity contribution in [1.29, 1.82) is 5.26 Å². The molecular weight excluding hydrogens is 230 g/mol. The molecule has 0 aliphatic heterocycles. The topological polar surface area (TPSA) is 23.8 Å². The normalized spacial score (nSPS) is 15.2. The molecule has 2 rings (SSSR count). The van der Waals surface area contributed by atoms with Crippen LogP contribution in [-0.4, -0.2) is 0 Å². The summed E-state index contributed by atoms with van der Waals surface area (Å²) < 4.78 is 0. The molecule has 96 valence electrons. The summed E-state index contributed by atoms with van der Waals surface area (Å²) in [5.74, 6) is 0.367. The van der Waals surface area contributed by atoms with Crippen molar-refractivity contribution in [2.24, 2.45) is 0 Å². The van der Waals surface area contributed by atoms with Gasteiger partial charge in [0.15, 0.2) is 0 Å². The third-order valence-electron chi connectivity index (χ3n) is 3.74. The summed E-state index contributed by atoms with van der Waals surface area (Å²) in [5.41, 5.74) is 1.96. The third kappa shape index (κ3) is 3.03. The molecule has 0 saturated heterocycles. The number of hydrogen-bond acceptors (Lipinski definition) is 1. The Hall–Kier alpha value is -2.07. The van der Waals surface area contributed by atoms with Gasteiger partial charge in [0.2, 0.25) is 0 Å². The zero-order chi connectivity index (χ0) is 13.7. The van der Waals surface area contributed by atoms with Crippen LogP contribution in [0.3, 0.4) is 0 Å². The summed E-state index contributed by atoms with van der Waals surface area (Å²) in [6.45, 7) is 4.22. The zero-order valence-electron chi connectivity index (χ0n) is 11.5. The zero-order valence-corrected chi connectivity index (χ0v) is 11.5. The van der Waals surface area contributed by atoms with Gasteiger partial charge in [-0.3, -0.25) is 0 Å². The van der Waals surface area contributed by atoms with E-state index in [-0.39, 0.29) is 0 Å². The third-order valence-corrected chi connectivity index (χ3v) is 3.74. The maximum atomic E-state index is 9.58. The van der Waals surface area contributed by atoms with Crippen molar-refractivity contribution < 1.29 is 0 Å². The number of nitrogens with zero attached hydrogens (tertiary/aromatic N) is 1. The minimum absolute atomic E-state index is 0.367. The fourth-order valence-electron chi connectivity index (χ4n) is 2.55. The van der Waals surface area contributed by atoms with E-state index in [0.717, 1.165) is 12.0 Å². The molecule has 0 bridgehead atoms. The van der Waals surface area contributed by atoms with E-state index >= 15 is 0 Å². The Morgan fingerprint density at radius 2 is 1.53 bits per heavy atom. The fraction of sp³-hybridized carbons (Fsp3) is 0.278. The Bertz CT molecular complexity index is 553. The standard InChI is InChI=1S/C18H19N/c1-15(16-9-5-3-6-10-16)13-18(2,14-19)17-11-7-4-8-12-17/h3-12,15H,13H2,1-2H3. The first-order valence-corrected chi connectivity index (χ1v) is 6.67. The average Bonchev–Trinajstić information content (AvgIpc) is 2.49. The highest BCUT2D eigenvalue weighted by molar-refractivity contribution is 5.32. The maximum absolute atomic E-state index is 9.58. The van der Waals surface area contributed by atoms with Gasteiger partial charge in [0.05, 0.1) is 11.5 Å². The molecule has 0 radical (unpaired) electrons. The van der Waals surface area contributed by atoms with Crippen LogP contribution >= 0.6 is 0 Å². The molecule has 0 aromatic heterocycles. The summed E-state index contributed by atoms with van der Waals surface area (Å²) in [5, 5.41) is 9.58. The lowest BCUT2D eigenvalue weighted by atomic mass is 9.75. The first kappa shape index (κ1) is 13.4. The van der Waals surface area contributed by atoms with E-state index in [9.17, 15) is 5.26 Å². The van der Waals surface area contributed by atoms with Crippen LogP contribution < -0.4 is 0 Å². The summed E-state index contributed by atoms with van der Waals surface area (Å²) in [6, 6.07) is 23.0. The summed E-state index contributed by atoms with van der Waals surface area (Å²) >= 11 is 0. The highest BCUT2D eigenvalue weighted by Gasteiger charge is 2.28. The molecule has 0 aliphatic carbocycles. The molecule has 2 atom stereocenters. The van der Waals surface area contributed by atoms with Crippen molar-refractivity contribution in [2.75, 3.05) is 0 Å². The molecular formula is C18H19N. The van der Waals surface area contributed by atoms with Gasteiger partial charge in [-0.15, -0.1) is 0 Å². The highest BCUT2D eigenvalue weighted by Crippen LogP contribution is 2.34. The van der Waals surface area contributed by atoms with Gasteiger partial charge in [0.25, 0.3) is 0 Å². The maximum Gasteiger partial charge on any atom is 0.0800 e. The minimum Gasteiger partial charge on any atom is -0.197 e. The Balaban J connectivity index is 2.23. The van der Waals surface area contributed by atoms with Crippen molar-refractivity contribution in [3.63, 3.8) is 0 Å². The molecule has 2 aromatic rings. The van der Waals surface area contributed by atoms with Crippen LogP contribution in [0, 0.1) is 11.3 Å². The Kier molecular flexibility index (Phi) is 4.02. The lowest BCUT2D eigenvalue weighted by Crippen LogP contribution is -2.22. The van der Waals surface area contributed by atoms with E-state index in [1.165, 1.54) is 5.56 Å². The van der Waals surface area contributed by atoms with E-state index in [0.29, 0.717) is 5.92 Å². The molecule has 0 amide bonds. The average molecular weight is 249 g/mol. The molecule has 0 saturated carbocycles. The van der Waals surface area contributed by atoms with E-state index in [1.807, 2.05) is 43.3 Å². The van der Waals surface area contributed by atoms with Crippen LogP contribution in [0.2, 0.25) is 0 Å². The van der Waals surface area contributed by atoms with Crippen LogP contribution in [0.25, 0.3) is 0 Å². The fourth-order valence-corrected chi connectivity index (χ4v) is 2.55. The molecule has 0 fully saturated rings. The Morgan fingerprint density at radius 1 is 1.00 bits per heavy atom. The summed E-state index contributed by atoms with van der Waals surface area (Å²) in [4.78, 5) is 0. The van der Waals surface area contributed by atoms with Crippen molar-refractivity contribution >= 4 is 0 Å². The van der Waals surface area contributed by atoms with Gasteiger partial charge in [0, 0.05) is 0 Å². The Labute approximate surface area is 115 Å². The highest BCUT2D eigenvalue weighted by atomic mass is 14.4. The number of hydrogen-bond donors (Lipinski definition) is 0. The number of nitriles is 1. The minimum atomic E-state index is -0.434. The first-order valence-electron chi connectivity index (χ1n) is 6.67. The first-order chi connectivity index (χ1) is 9.15.